The van der Waals surface area contributed by atoms with Crippen LogP contribution in [-0.4, -0.2) is 21.8 Å². The van der Waals surface area contributed by atoms with Crippen molar-refractivity contribution in [3.05, 3.63) is 66.6 Å². The lowest BCUT2D eigenvalue weighted by Crippen LogP contribution is -2.13. The number of amides is 1. The van der Waals surface area contributed by atoms with Gasteiger partial charge in [0.15, 0.2) is 0 Å². The molecule has 2 aromatic carbocycles. The average molecular weight is 325 g/mol. The summed E-state index contributed by atoms with van der Waals surface area (Å²) in [5.41, 5.74) is 1.71. The lowest BCUT2D eigenvalue weighted by atomic mass is 10.2. The predicted molar refractivity (Wildman–Crippen MR) is 91.0 cm³/mol. The van der Waals surface area contributed by atoms with Crippen LogP contribution in [0, 0.1) is 0 Å². The van der Waals surface area contributed by atoms with E-state index < -0.39 is 0 Å². The van der Waals surface area contributed by atoms with Crippen LogP contribution in [-0.2, 0) is 10.5 Å². The van der Waals surface area contributed by atoms with Gasteiger partial charge in [-0.3, -0.25) is 4.79 Å². The Kier molecular flexibility index (Phi) is 5.06. The summed E-state index contributed by atoms with van der Waals surface area (Å²) in [5, 5.41) is 6.78. The summed E-state index contributed by atoms with van der Waals surface area (Å²) in [4.78, 5) is 16.2. The van der Waals surface area contributed by atoms with Crippen LogP contribution in [0.15, 0.2) is 65.2 Å². The Labute approximate surface area is 138 Å². The van der Waals surface area contributed by atoms with E-state index >= 15 is 0 Å². The molecule has 0 unspecified atom stereocenters. The van der Waals surface area contributed by atoms with Gasteiger partial charge >= 0.3 is 0 Å². The third kappa shape index (κ3) is 4.43. The Morgan fingerprint density at radius 2 is 1.74 bits per heavy atom. The van der Waals surface area contributed by atoms with E-state index in [1.165, 1.54) is 11.8 Å². The number of nitrogens with zero attached hydrogens (tertiary/aromatic N) is 2. The number of hydrogen-bond donors (Lipinski definition) is 1. The number of hydrogen-bond acceptors (Lipinski definition) is 5. The van der Waals surface area contributed by atoms with Crippen LogP contribution < -0.4 is 5.32 Å². The van der Waals surface area contributed by atoms with Crippen LogP contribution >= 0.6 is 11.8 Å². The second-order valence-corrected chi connectivity index (χ2v) is 5.77. The van der Waals surface area contributed by atoms with Gasteiger partial charge in [-0.2, -0.15) is 4.98 Å². The average Bonchev–Trinajstić information content (AvgIpc) is 3.05. The molecule has 0 saturated carbocycles. The standard InChI is InChI=1S/C17H15N3O2S/c21-15(18-14-9-5-2-6-10-14)11-23-12-16-19-17(20-22-16)13-7-3-1-4-8-13/h1-10H,11-12H2,(H,18,21). The monoisotopic (exact) mass is 325 g/mol. The zero-order chi connectivity index (χ0) is 15.9. The third-order valence-electron chi connectivity index (χ3n) is 3.02. The Morgan fingerprint density at radius 1 is 1.04 bits per heavy atom. The molecule has 1 N–H and O–H groups in total. The van der Waals surface area contributed by atoms with Gasteiger partial charge in [-0.05, 0) is 12.1 Å². The normalized spacial score (nSPS) is 10.4. The molecule has 116 valence electrons. The molecule has 0 aliphatic heterocycles. The van der Waals surface area contributed by atoms with Gasteiger partial charge in [0, 0.05) is 11.3 Å². The first kappa shape index (κ1) is 15.3. The highest BCUT2D eigenvalue weighted by Gasteiger charge is 2.09. The number of carbonyl (C=O) groups is 1. The van der Waals surface area contributed by atoms with Crippen molar-refractivity contribution in [3.63, 3.8) is 0 Å². The molecule has 0 atom stereocenters. The van der Waals surface area contributed by atoms with Crippen molar-refractivity contribution < 1.29 is 9.32 Å². The zero-order valence-corrected chi connectivity index (χ0v) is 13.1. The molecule has 1 amide bonds. The fraction of sp³-hybridized carbons (Fsp3) is 0.118. The summed E-state index contributed by atoms with van der Waals surface area (Å²) >= 11 is 1.43. The molecule has 3 aromatic rings. The molecule has 1 aromatic heterocycles. The molecule has 1 heterocycles. The van der Waals surface area contributed by atoms with Crippen LogP contribution in [0.3, 0.4) is 0 Å². The Balaban J connectivity index is 1.48. The minimum absolute atomic E-state index is 0.0519. The Hall–Kier alpha value is -2.60. The highest BCUT2D eigenvalue weighted by molar-refractivity contribution is 7.99. The molecule has 0 fully saturated rings. The van der Waals surface area contributed by atoms with Crippen molar-refractivity contribution in [3.8, 4) is 11.4 Å². The lowest BCUT2D eigenvalue weighted by molar-refractivity contribution is -0.113. The van der Waals surface area contributed by atoms with Gasteiger partial charge in [-0.25, -0.2) is 0 Å². The van der Waals surface area contributed by atoms with Gasteiger partial charge in [-0.15, -0.1) is 11.8 Å². The maximum atomic E-state index is 11.8. The molecule has 0 saturated heterocycles. The van der Waals surface area contributed by atoms with Crippen molar-refractivity contribution in [2.24, 2.45) is 0 Å². The lowest BCUT2D eigenvalue weighted by Gasteiger charge is -2.03. The van der Waals surface area contributed by atoms with E-state index in [1.54, 1.807) is 0 Å². The summed E-state index contributed by atoms with van der Waals surface area (Å²) in [6.45, 7) is 0. The number of nitrogens with one attached hydrogen (secondary N) is 1. The predicted octanol–water partition coefficient (Wildman–Crippen LogP) is 3.61. The summed E-state index contributed by atoms with van der Waals surface area (Å²) < 4.78 is 5.21. The molecule has 0 radical (unpaired) electrons. The van der Waals surface area contributed by atoms with E-state index in [0.29, 0.717) is 23.2 Å². The van der Waals surface area contributed by atoms with Crippen molar-refractivity contribution in [1.82, 2.24) is 10.1 Å². The maximum absolute atomic E-state index is 11.8. The van der Waals surface area contributed by atoms with E-state index in [-0.39, 0.29) is 5.91 Å². The SMILES string of the molecule is O=C(CSCc1nc(-c2ccccc2)no1)Nc1ccccc1. The number of benzene rings is 2. The van der Waals surface area contributed by atoms with Crippen molar-refractivity contribution in [2.45, 2.75) is 5.75 Å². The largest absolute Gasteiger partial charge is 0.338 e. The van der Waals surface area contributed by atoms with Gasteiger partial charge in [0.1, 0.15) is 0 Å². The van der Waals surface area contributed by atoms with Gasteiger partial charge in [0.05, 0.1) is 11.5 Å². The first-order valence-corrected chi connectivity index (χ1v) is 8.27. The molecule has 0 aliphatic rings. The van der Waals surface area contributed by atoms with Crippen LogP contribution in [0.25, 0.3) is 11.4 Å². The van der Waals surface area contributed by atoms with Gasteiger partial charge in [0.2, 0.25) is 17.6 Å². The van der Waals surface area contributed by atoms with Crippen LogP contribution in [0.4, 0.5) is 5.69 Å². The smallest absolute Gasteiger partial charge is 0.236 e. The topological polar surface area (TPSA) is 68.0 Å². The van der Waals surface area contributed by atoms with E-state index in [0.717, 1.165) is 11.3 Å². The number of rotatable bonds is 6. The van der Waals surface area contributed by atoms with E-state index in [9.17, 15) is 4.79 Å². The third-order valence-corrected chi connectivity index (χ3v) is 3.93. The summed E-state index contributed by atoms with van der Waals surface area (Å²) in [6.07, 6.45) is 0. The van der Waals surface area contributed by atoms with Crippen LogP contribution in [0.2, 0.25) is 0 Å². The molecule has 6 heteroatoms. The fourth-order valence-electron chi connectivity index (χ4n) is 1.97. The van der Waals surface area contributed by atoms with Gasteiger partial charge in [-0.1, -0.05) is 53.7 Å². The quantitative estimate of drug-likeness (QED) is 0.750. The number of anilines is 1. The maximum Gasteiger partial charge on any atom is 0.236 e. The minimum atomic E-state index is -0.0519. The number of para-hydroxylation sites is 1. The molecular weight excluding hydrogens is 310 g/mol. The second kappa shape index (κ2) is 7.60. The minimum Gasteiger partial charge on any atom is -0.338 e. The summed E-state index contributed by atoms with van der Waals surface area (Å²) in [5.74, 6) is 1.86. The highest BCUT2D eigenvalue weighted by Crippen LogP contribution is 2.17. The molecule has 0 aliphatic carbocycles. The van der Waals surface area contributed by atoms with E-state index in [4.69, 9.17) is 4.52 Å². The van der Waals surface area contributed by atoms with Crippen LogP contribution in [0.1, 0.15) is 5.89 Å². The van der Waals surface area contributed by atoms with Gasteiger partial charge < -0.3 is 9.84 Å². The fourth-order valence-corrected chi connectivity index (χ4v) is 2.62. The molecular formula is C17H15N3O2S. The van der Waals surface area contributed by atoms with E-state index in [1.807, 2.05) is 60.7 Å². The molecule has 3 rings (SSSR count). The number of aromatic nitrogens is 2. The van der Waals surface area contributed by atoms with Crippen LogP contribution in [0.5, 0.6) is 0 Å². The molecule has 5 nitrogen and oxygen atoms in total. The number of carbonyl (C=O) groups excluding carboxylic acids is 1. The Bertz CT molecular complexity index is 760. The molecule has 0 bridgehead atoms. The first-order chi connectivity index (χ1) is 11.3. The zero-order valence-electron chi connectivity index (χ0n) is 12.3. The summed E-state index contributed by atoms with van der Waals surface area (Å²) in [7, 11) is 0. The number of thioether (sulfide) groups is 1. The molecule has 0 spiro atoms. The van der Waals surface area contributed by atoms with Crippen molar-refractivity contribution >= 4 is 23.4 Å². The molecule has 23 heavy (non-hydrogen) atoms. The van der Waals surface area contributed by atoms with Crippen molar-refractivity contribution in [2.75, 3.05) is 11.1 Å². The first-order valence-electron chi connectivity index (χ1n) is 7.12. The Morgan fingerprint density at radius 3 is 2.48 bits per heavy atom. The van der Waals surface area contributed by atoms with Gasteiger partial charge in [0.25, 0.3) is 0 Å². The van der Waals surface area contributed by atoms with E-state index in [2.05, 4.69) is 15.5 Å². The second-order valence-electron chi connectivity index (χ2n) is 4.78. The highest BCUT2D eigenvalue weighted by atomic mass is 32.2. The summed E-state index contributed by atoms with van der Waals surface area (Å²) in [6, 6.07) is 19.0. The van der Waals surface area contributed by atoms with Crippen molar-refractivity contribution in [1.29, 1.82) is 0 Å².